The predicted molar refractivity (Wildman–Crippen MR) is 49.6 cm³/mol. The van der Waals surface area contributed by atoms with Gasteiger partial charge in [0.25, 0.3) is 0 Å². The molecule has 86 valence electrons. The first-order valence-corrected chi connectivity index (χ1v) is 4.51. The summed E-state index contributed by atoms with van der Waals surface area (Å²) in [7, 11) is 0. The first-order valence-electron chi connectivity index (χ1n) is 4.51. The molecule has 0 radical (unpaired) electrons. The Hall–Kier alpha value is -1.77. The minimum atomic E-state index is -1.46. The monoisotopic (exact) mass is 232 g/mol. The van der Waals surface area contributed by atoms with E-state index in [1.807, 2.05) is 6.07 Å². The van der Waals surface area contributed by atoms with E-state index in [9.17, 15) is 17.6 Å². The zero-order valence-electron chi connectivity index (χ0n) is 8.16. The molecule has 0 fully saturated rings. The Bertz CT molecular complexity index is 400. The Balaban J connectivity index is 2.83. The number of nitrogens with one attached hydrogen (secondary N) is 1. The Morgan fingerprint density at radius 1 is 1.12 bits per heavy atom. The zero-order valence-corrected chi connectivity index (χ0v) is 8.16. The molecule has 16 heavy (non-hydrogen) atoms. The molecule has 2 nitrogen and oxygen atoms in total. The van der Waals surface area contributed by atoms with Gasteiger partial charge in [-0.2, -0.15) is 5.26 Å². The van der Waals surface area contributed by atoms with Crippen LogP contribution in [-0.4, -0.2) is 6.54 Å². The van der Waals surface area contributed by atoms with Gasteiger partial charge in [0.1, 0.15) is 5.69 Å². The van der Waals surface area contributed by atoms with Crippen LogP contribution in [0.4, 0.5) is 23.2 Å². The first kappa shape index (κ1) is 12.3. The quantitative estimate of drug-likeness (QED) is 0.492. The number of halogens is 4. The topological polar surface area (TPSA) is 35.8 Å². The fraction of sp³-hybridized carbons (Fsp3) is 0.300. The molecule has 0 aromatic heterocycles. The van der Waals surface area contributed by atoms with E-state index in [-0.39, 0.29) is 19.0 Å². The molecule has 0 aliphatic carbocycles. The zero-order chi connectivity index (χ0) is 12.1. The molecule has 1 aromatic rings. The highest BCUT2D eigenvalue weighted by Crippen LogP contribution is 2.23. The molecule has 1 aromatic carbocycles. The van der Waals surface area contributed by atoms with E-state index in [2.05, 4.69) is 5.32 Å². The molecule has 1 rings (SSSR count). The van der Waals surface area contributed by atoms with Gasteiger partial charge in [0, 0.05) is 19.0 Å². The molecule has 0 unspecified atom stereocenters. The lowest BCUT2D eigenvalue weighted by Crippen LogP contribution is -2.08. The van der Waals surface area contributed by atoms with Crippen LogP contribution in [0.25, 0.3) is 0 Å². The minimum Gasteiger partial charge on any atom is -0.380 e. The van der Waals surface area contributed by atoms with E-state index in [1.165, 1.54) is 0 Å². The third-order valence-electron chi connectivity index (χ3n) is 1.88. The van der Waals surface area contributed by atoms with E-state index in [1.54, 1.807) is 0 Å². The molecule has 0 spiro atoms. The average Bonchev–Trinajstić information content (AvgIpc) is 2.25. The average molecular weight is 232 g/mol. The number of hydrogen-bond acceptors (Lipinski definition) is 2. The summed E-state index contributed by atoms with van der Waals surface area (Å²) in [5.74, 6) is -5.84. The predicted octanol–water partition coefficient (Wildman–Crippen LogP) is 2.96. The Morgan fingerprint density at radius 2 is 1.69 bits per heavy atom. The van der Waals surface area contributed by atoms with Crippen molar-refractivity contribution in [1.82, 2.24) is 0 Å². The van der Waals surface area contributed by atoms with Gasteiger partial charge in [0.05, 0.1) is 6.07 Å². The second kappa shape index (κ2) is 5.35. The van der Waals surface area contributed by atoms with Crippen molar-refractivity contribution in [2.45, 2.75) is 12.8 Å². The molecule has 0 bridgehead atoms. The summed E-state index contributed by atoms with van der Waals surface area (Å²) in [5.41, 5.74) is -0.838. The number of rotatable bonds is 4. The van der Waals surface area contributed by atoms with Gasteiger partial charge >= 0.3 is 0 Å². The SMILES string of the molecule is N#CCCCNc1c(F)c(F)cc(F)c1F. The molecule has 0 amide bonds. The molecule has 0 saturated heterocycles. The van der Waals surface area contributed by atoms with Gasteiger partial charge in [-0.15, -0.1) is 0 Å². The van der Waals surface area contributed by atoms with E-state index < -0.39 is 29.0 Å². The molecule has 0 aliphatic rings. The maximum Gasteiger partial charge on any atom is 0.185 e. The molecule has 1 N–H and O–H groups in total. The number of anilines is 1. The molecule has 0 heterocycles. The van der Waals surface area contributed by atoms with Crippen LogP contribution in [0.5, 0.6) is 0 Å². The first-order chi connectivity index (χ1) is 7.57. The normalized spacial score (nSPS) is 9.94. The van der Waals surface area contributed by atoms with Crippen LogP contribution < -0.4 is 5.32 Å². The molecule has 0 saturated carbocycles. The smallest absolute Gasteiger partial charge is 0.185 e. The van der Waals surface area contributed by atoms with Crippen LogP contribution in [0.2, 0.25) is 0 Å². The lowest BCUT2D eigenvalue weighted by atomic mass is 10.2. The van der Waals surface area contributed by atoms with Crippen LogP contribution in [0.15, 0.2) is 6.07 Å². The van der Waals surface area contributed by atoms with Gasteiger partial charge in [-0.3, -0.25) is 0 Å². The maximum atomic E-state index is 13.0. The van der Waals surface area contributed by atoms with Crippen molar-refractivity contribution in [2.24, 2.45) is 0 Å². The van der Waals surface area contributed by atoms with Gasteiger partial charge in [0.15, 0.2) is 23.3 Å². The number of benzene rings is 1. The largest absolute Gasteiger partial charge is 0.380 e. The van der Waals surface area contributed by atoms with E-state index in [4.69, 9.17) is 5.26 Å². The summed E-state index contributed by atoms with van der Waals surface area (Å²) < 4.78 is 51.5. The molecule has 6 heteroatoms. The number of nitriles is 1. The third-order valence-corrected chi connectivity index (χ3v) is 1.88. The summed E-state index contributed by atoms with van der Waals surface area (Å²) in [6, 6.07) is 1.97. The highest BCUT2D eigenvalue weighted by Gasteiger charge is 2.18. The van der Waals surface area contributed by atoms with Gasteiger partial charge in [-0.05, 0) is 6.42 Å². The highest BCUT2D eigenvalue weighted by molar-refractivity contribution is 5.47. The molecular formula is C10H8F4N2. The van der Waals surface area contributed by atoms with Crippen molar-refractivity contribution in [3.63, 3.8) is 0 Å². The number of nitrogens with zero attached hydrogens (tertiary/aromatic N) is 1. The number of unbranched alkanes of at least 4 members (excludes halogenated alkanes) is 1. The maximum absolute atomic E-state index is 13.0. The third kappa shape index (κ3) is 2.63. The van der Waals surface area contributed by atoms with E-state index in [0.717, 1.165) is 0 Å². The Labute approximate surface area is 89.5 Å². The van der Waals surface area contributed by atoms with Crippen molar-refractivity contribution in [2.75, 3.05) is 11.9 Å². The lowest BCUT2D eigenvalue weighted by Gasteiger charge is -2.08. The Morgan fingerprint density at radius 3 is 2.19 bits per heavy atom. The molecule has 0 atom stereocenters. The fourth-order valence-electron chi connectivity index (χ4n) is 1.11. The van der Waals surface area contributed by atoms with Crippen LogP contribution in [0.1, 0.15) is 12.8 Å². The lowest BCUT2D eigenvalue weighted by molar-refractivity contribution is 0.458. The molecular weight excluding hydrogens is 224 g/mol. The molecule has 0 aliphatic heterocycles. The standard InChI is InChI=1S/C10H8F4N2/c11-6-5-7(12)9(14)10(8(6)13)16-4-2-1-3-15/h5,16H,1-2,4H2. The highest BCUT2D eigenvalue weighted by atomic mass is 19.2. The summed E-state index contributed by atoms with van der Waals surface area (Å²) in [4.78, 5) is 0. The van der Waals surface area contributed by atoms with Crippen molar-refractivity contribution in [1.29, 1.82) is 5.26 Å². The van der Waals surface area contributed by atoms with E-state index >= 15 is 0 Å². The van der Waals surface area contributed by atoms with Gasteiger partial charge < -0.3 is 5.32 Å². The van der Waals surface area contributed by atoms with Gasteiger partial charge in [-0.1, -0.05) is 0 Å². The van der Waals surface area contributed by atoms with Crippen LogP contribution in [0, 0.1) is 34.6 Å². The Kier molecular flexibility index (Phi) is 4.11. The second-order valence-electron chi connectivity index (χ2n) is 3.03. The van der Waals surface area contributed by atoms with Gasteiger partial charge in [0.2, 0.25) is 0 Å². The fourth-order valence-corrected chi connectivity index (χ4v) is 1.11. The van der Waals surface area contributed by atoms with Crippen LogP contribution in [-0.2, 0) is 0 Å². The van der Waals surface area contributed by atoms with Crippen molar-refractivity contribution >= 4 is 5.69 Å². The summed E-state index contributed by atoms with van der Waals surface area (Å²) in [5, 5.41) is 10.4. The van der Waals surface area contributed by atoms with Crippen LogP contribution >= 0.6 is 0 Å². The van der Waals surface area contributed by atoms with E-state index in [0.29, 0.717) is 6.42 Å². The summed E-state index contributed by atoms with van der Waals surface area (Å²) in [6.07, 6.45) is 0.515. The summed E-state index contributed by atoms with van der Waals surface area (Å²) in [6.45, 7) is 0.0598. The van der Waals surface area contributed by atoms with Crippen molar-refractivity contribution in [3.05, 3.63) is 29.3 Å². The summed E-state index contributed by atoms with van der Waals surface area (Å²) >= 11 is 0. The van der Waals surface area contributed by atoms with Gasteiger partial charge in [-0.25, -0.2) is 17.6 Å². The van der Waals surface area contributed by atoms with Crippen molar-refractivity contribution < 1.29 is 17.6 Å². The van der Waals surface area contributed by atoms with Crippen LogP contribution in [0.3, 0.4) is 0 Å². The van der Waals surface area contributed by atoms with Crippen molar-refractivity contribution in [3.8, 4) is 6.07 Å². The second-order valence-corrected chi connectivity index (χ2v) is 3.03. The number of hydrogen-bond donors (Lipinski definition) is 1. The minimum absolute atomic E-state index is 0.0598.